The van der Waals surface area contributed by atoms with Crippen LogP contribution >= 0.6 is 6.72 Å². The molecule has 23 heavy (non-hydrogen) atoms. The van der Waals surface area contributed by atoms with E-state index in [1.165, 1.54) is 0 Å². The quantitative estimate of drug-likeness (QED) is 0.782. The van der Waals surface area contributed by atoms with Gasteiger partial charge in [-0.25, -0.2) is 0 Å². The number of oxime groups is 2. The number of hydrogen-bond acceptors (Lipinski definition) is 6. The fraction of sp³-hybridized carbons (Fsp3) is 0.125. The van der Waals surface area contributed by atoms with Gasteiger partial charge in [-0.15, -0.1) is 0 Å². The van der Waals surface area contributed by atoms with Gasteiger partial charge < -0.3 is 9.25 Å². The molecule has 118 valence electrons. The van der Waals surface area contributed by atoms with Crippen molar-refractivity contribution >= 4 is 29.9 Å². The first-order valence-electron chi connectivity index (χ1n) is 7.11. The summed E-state index contributed by atoms with van der Waals surface area (Å²) in [5.41, 5.74) is 2.84. The van der Waals surface area contributed by atoms with Crippen molar-refractivity contribution in [3.63, 3.8) is 0 Å². The van der Waals surface area contributed by atoms with Gasteiger partial charge in [0, 0.05) is 22.9 Å². The smallest absolute Gasteiger partial charge is 0.302 e. The minimum Gasteiger partial charge on any atom is -0.302 e. The number of hydrogen-bond donors (Lipinski definition) is 0. The van der Waals surface area contributed by atoms with Crippen LogP contribution in [0.25, 0.3) is 0 Å². The van der Waals surface area contributed by atoms with Crippen LogP contribution in [0.4, 0.5) is 0 Å². The third kappa shape index (κ3) is 3.67. The first-order valence-corrected chi connectivity index (χ1v) is 9.67. The molecule has 0 aliphatic carbocycles. The highest BCUT2D eigenvalue weighted by Gasteiger charge is 2.29. The van der Waals surface area contributed by atoms with Gasteiger partial charge >= 0.3 is 6.72 Å². The zero-order chi connectivity index (χ0) is 16.1. The monoisotopic (exact) mass is 346 g/mol. The average Bonchev–Trinajstić information content (AvgIpc) is 2.76. The van der Waals surface area contributed by atoms with Crippen LogP contribution < -0.4 is 0 Å². The molecule has 7 heteroatoms. The summed E-state index contributed by atoms with van der Waals surface area (Å²) in [6.07, 6.45) is 0. The Bertz CT molecular complexity index is 717. The van der Waals surface area contributed by atoms with E-state index < -0.39 is 6.72 Å². The molecule has 1 aliphatic rings. The normalized spacial score (nSPS) is 16.4. The van der Waals surface area contributed by atoms with E-state index in [4.69, 9.17) is 25.6 Å². The number of nitrogens with zero attached hydrogens (tertiary/aromatic N) is 2. The molecule has 0 N–H and O–H groups in total. The summed E-state index contributed by atoms with van der Waals surface area (Å²) in [6, 6.07) is 19.3. The highest BCUT2D eigenvalue weighted by Crippen LogP contribution is 2.51. The molecular formula is C16H15N2O3PS. The molecule has 0 spiro atoms. The summed E-state index contributed by atoms with van der Waals surface area (Å²) in [5.74, 6) is 0. The molecule has 0 atom stereocenters. The highest BCUT2D eigenvalue weighted by atomic mass is 32.5. The second kappa shape index (κ2) is 7.04. The van der Waals surface area contributed by atoms with Gasteiger partial charge in [0.2, 0.25) is 0 Å². The molecule has 0 amide bonds. The molecule has 2 aromatic rings. The molecule has 5 nitrogen and oxygen atoms in total. The summed E-state index contributed by atoms with van der Waals surface area (Å²) >= 11 is 5.28. The van der Waals surface area contributed by atoms with E-state index in [0.717, 1.165) is 11.1 Å². The minimum atomic E-state index is -3.01. The van der Waals surface area contributed by atoms with Crippen molar-refractivity contribution in [1.29, 1.82) is 0 Å². The fourth-order valence-corrected chi connectivity index (χ4v) is 3.38. The lowest BCUT2D eigenvalue weighted by Crippen LogP contribution is -2.16. The van der Waals surface area contributed by atoms with Crippen molar-refractivity contribution in [3.8, 4) is 0 Å². The molecule has 0 fully saturated rings. The first kappa shape index (κ1) is 15.9. The van der Waals surface area contributed by atoms with Gasteiger partial charge in [0.15, 0.2) is 0 Å². The Morgan fingerprint density at radius 1 is 0.870 bits per heavy atom. The highest BCUT2D eigenvalue weighted by molar-refractivity contribution is 8.07. The lowest BCUT2D eigenvalue weighted by atomic mass is 10.0. The Morgan fingerprint density at radius 3 is 1.70 bits per heavy atom. The van der Waals surface area contributed by atoms with E-state index in [2.05, 4.69) is 10.3 Å². The molecule has 1 heterocycles. The van der Waals surface area contributed by atoms with Crippen LogP contribution in [0.3, 0.4) is 0 Å². The van der Waals surface area contributed by atoms with Crippen molar-refractivity contribution < 1.29 is 13.8 Å². The average molecular weight is 346 g/mol. The molecular weight excluding hydrogens is 331 g/mol. The van der Waals surface area contributed by atoms with E-state index in [-0.39, 0.29) is 0 Å². The molecule has 2 aromatic carbocycles. The van der Waals surface area contributed by atoms with E-state index in [1.54, 1.807) is 0 Å². The van der Waals surface area contributed by atoms with Crippen LogP contribution in [0.15, 0.2) is 71.0 Å². The van der Waals surface area contributed by atoms with Crippen LogP contribution in [-0.4, -0.2) is 18.0 Å². The van der Waals surface area contributed by atoms with Crippen molar-refractivity contribution in [2.75, 3.05) is 6.61 Å². The number of rotatable bonds is 4. The van der Waals surface area contributed by atoms with Crippen LogP contribution in [-0.2, 0) is 25.6 Å². The van der Waals surface area contributed by atoms with Crippen LogP contribution in [0.2, 0.25) is 0 Å². The lowest BCUT2D eigenvalue weighted by Gasteiger charge is -2.12. The molecule has 0 aromatic heterocycles. The molecule has 0 bridgehead atoms. The van der Waals surface area contributed by atoms with Crippen LogP contribution in [0.5, 0.6) is 0 Å². The molecule has 0 saturated heterocycles. The Labute approximate surface area is 139 Å². The maximum absolute atomic E-state index is 5.40. The molecule has 0 saturated carbocycles. The van der Waals surface area contributed by atoms with Crippen molar-refractivity contribution in [2.24, 2.45) is 10.3 Å². The predicted molar refractivity (Wildman–Crippen MR) is 94.0 cm³/mol. The van der Waals surface area contributed by atoms with Gasteiger partial charge in [0.05, 0.1) is 6.61 Å². The maximum Gasteiger partial charge on any atom is 0.476 e. The standard InChI is InChI=1S/C16H15N2O3PS/c1-2-19-22(23)20-17-15(13-9-5-3-6-10-13)16(18-21-22)14-11-7-4-8-12-14/h3-12H,2H2,1H3. The Kier molecular flexibility index (Phi) is 4.86. The molecule has 0 radical (unpaired) electrons. The van der Waals surface area contributed by atoms with E-state index in [1.807, 2.05) is 67.6 Å². The summed E-state index contributed by atoms with van der Waals surface area (Å²) in [6.45, 7) is -0.835. The van der Waals surface area contributed by atoms with Crippen molar-refractivity contribution in [3.05, 3.63) is 71.8 Å². The third-order valence-corrected chi connectivity index (χ3v) is 4.92. The second-order valence-corrected chi connectivity index (χ2v) is 7.46. The maximum atomic E-state index is 5.40. The summed E-state index contributed by atoms with van der Waals surface area (Å²) in [5, 5.41) is 8.41. The molecule has 1 aliphatic heterocycles. The van der Waals surface area contributed by atoms with Gasteiger partial charge in [-0.05, 0) is 6.92 Å². The van der Waals surface area contributed by atoms with Crippen molar-refractivity contribution in [1.82, 2.24) is 0 Å². The second-order valence-electron chi connectivity index (χ2n) is 4.64. The van der Waals surface area contributed by atoms with E-state index in [0.29, 0.717) is 18.0 Å². The Balaban J connectivity index is 2.08. The summed E-state index contributed by atoms with van der Waals surface area (Å²) in [7, 11) is 0. The lowest BCUT2D eigenvalue weighted by molar-refractivity contribution is 0.174. The van der Waals surface area contributed by atoms with Crippen LogP contribution in [0.1, 0.15) is 18.1 Å². The van der Waals surface area contributed by atoms with E-state index in [9.17, 15) is 0 Å². The van der Waals surface area contributed by atoms with Gasteiger partial charge in [0.1, 0.15) is 11.4 Å². The topological polar surface area (TPSA) is 52.4 Å². The summed E-state index contributed by atoms with van der Waals surface area (Å²) < 4.78 is 16.2. The Hall–Kier alpha value is -2.01. The SMILES string of the molecule is CCOP1(=S)ON=C(c2ccccc2)C(c2ccccc2)=NO1. The van der Waals surface area contributed by atoms with Gasteiger partial charge in [0.25, 0.3) is 0 Å². The molecule has 3 rings (SSSR count). The predicted octanol–water partition coefficient (Wildman–Crippen LogP) is 4.10. The number of benzene rings is 2. The largest absolute Gasteiger partial charge is 0.476 e. The zero-order valence-electron chi connectivity index (χ0n) is 12.5. The Morgan fingerprint density at radius 2 is 1.30 bits per heavy atom. The summed E-state index contributed by atoms with van der Waals surface area (Å²) in [4.78, 5) is 0. The van der Waals surface area contributed by atoms with Gasteiger partial charge in [-0.3, -0.25) is 4.52 Å². The van der Waals surface area contributed by atoms with Crippen LogP contribution in [0, 0.1) is 0 Å². The third-order valence-electron chi connectivity index (χ3n) is 3.07. The minimum absolute atomic E-state index is 0.365. The van der Waals surface area contributed by atoms with E-state index >= 15 is 0 Å². The van der Waals surface area contributed by atoms with Gasteiger partial charge in [-0.2, -0.15) is 0 Å². The first-order chi connectivity index (χ1) is 11.2. The zero-order valence-corrected chi connectivity index (χ0v) is 14.2. The molecule has 0 unspecified atom stereocenters. The van der Waals surface area contributed by atoms with Gasteiger partial charge in [-0.1, -0.05) is 71.0 Å². The van der Waals surface area contributed by atoms with Crippen molar-refractivity contribution in [2.45, 2.75) is 6.92 Å². The fourth-order valence-electron chi connectivity index (χ4n) is 2.06.